The number of carbonyl (C=O) groups excluding carboxylic acids is 2. The molecule has 1 unspecified atom stereocenters. The van der Waals surface area contributed by atoms with Gasteiger partial charge in [-0.2, -0.15) is 0 Å². The van der Waals surface area contributed by atoms with Crippen LogP contribution in [0.2, 0.25) is 0 Å². The average Bonchev–Trinajstić information content (AvgIpc) is 2.62. The summed E-state index contributed by atoms with van der Waals surface area (Å²) in [5.41, 5.74) is 0. The summed E-state index contributed by atoms with van der Waals surface area (Å²) >= 11 is 0. The lowest BCUT2D eigenvalue weighted by Crippen LogP contribution is -2.47. The van der Waals surface area contributed by atoms with Gasteiger partial charge in [0, 0.05) is 44.7 Å². The van der Waals surface area contributed by atoms with E-state index >= 15 is 0 Å². The Bertz CT molecular complexity index is 408. The van der Waals surface area contributed by atoms with E-state index < -0.39 is 0 Å². The Balaban J connectivity index is 1.64. The highest BCUT2D eigenvalue weighted by Gasteiger charge is 2.26. The van der Waals surface area contributed by atoms with Crippen molar-refractivity contribution in [1.82, 2.24) is 15.1 Å². The second-order valence-corrected chi connectivity index (χ2v) is 6.81. The molecule has 0 bridgehead atoms. The highest BCUT2D eigenvalue weighted by atomic mass is 16.6. The molecule has 0 aromatic heterocycles. The van der Waals surface area contributed by atoms with Crippen LogP contribution in [-0.4, -0.2) is 66.7 Å². The number of rotatable bonds is 6. The van der Waals surface area contributed by atoms with E-state index in [0.29, 0.717) is 25.1 Å². The molecule has 0 saturated carbocycles. The van der Waals surface area contributed by atoms with Crippen molar-refractivity contribution in [3.63, 3.8) is 0 Å². The van der Waals surface area contributed by atoms with Crippen molar-refractivity contribution in [2.75, 3.05) is 32.8 Å². The molecule has 2 amide bonds. The number of ether oxygens (including phenoxy) is 1. The molecule has 0 aliphatic carbocycles. The smallest absolute Gasteiger partial charge is 0.409 e. The van der Waals surface area contributed by atoms with Gasteiger partial charge in [0.25, 0.3) is 0 Å². The quantitative estimate of drug-likeness (QED) is 0.807. The second kappa shape index (κ2) is 9.87. The van der Waals surface area contributed by atoms with E-state index in [1.807, 2.05) is 6.92 Å². The first-order valence-electron chi connectivity index (χ1n) is 9.60. The summed E-state index contributed by atoms with van der Waals surface area (Å²) in [6.45, 7) is 7.54. The van der Waals surface area contributed by atoms with Gasteiger partial charge < -0.3 is 19.9 Å². The van der Waals surface area contributed by atoms with E-state index in [-0.39, 0.29) is 12.0 Å². The zero-order chi connectivity index (χ0) is 17.4. The van der Waals surface area contributed by atoms with Crippen LogP contribution in [0.3, 0.4) is 0 Å². The first-order valence-corrected chi connectivity index (χ1v) is 9.60. The van der Waals surface area contributed by atoms with Crippen LogP contribution in [0, 0.1) is 0 Å². The fourth-order valence-electron chi connectivity index (χ4n) is 3.76. The lowest BCUT2D eigenvalue weighted by atomic mass is 9.99. The minimum Gasteiger partial charge on any atom is -0.450 e. The van der Waals surface area contributed by atoms with Crippen LogP contribution in [0.4, 0.5) is 4.79 Å². The Hall–Kier alpha value is -1.30. The standard InChI is InChI=1S/C18H33N3O3/c1-3-16-7-5-6-12-21(16)17(22)8-11-19-15-9-13-20(14-10-15)18(23)24-4-2/h15-16,19H,3-14H2,1-2H3. The first kappa shape index (κ1) is 19.0. The molecule has 0 aromatic rings. The molecule has 2 heterocycles. The van der Waals surface area contributed by atoms with Crippen molar-refractivity contribution >= 4 is 12.0 Å². The van der Waals surface area contributed by atoms with Crippen LogP contribution in [0.5, 0.6) is 0 Å². The maximum Gasteiger partial charge on any atom is 0.409 e. The predicted molar refractivity (Wildman–Crippen MR) is 93.9 cm³/mol. The molecular weight excluding hydrogens is 306 g/mol. The van der Waals surface area contributed by atoms with Gasteiger partial charge in [-0.15, -0.1) is 0 Å². The van der Waals surface area contributed by atoms with Crippen molar-refractivity contribution in [3.8, 4) is 0 Å². The summed E-state index contributed by atoms with van der Waals surface area (Å²) in [4.78, 5) is 28.0. The van der Waals surface area contributed by atoms with Crippen molar-refractivity contribution in [3.05, 3.63) is 0 Å². The minimum absolute atomic E-state index is 0.207. The molecule has 2 aliphatic rings. The van der Waals surface area contributed by atoms with Crippen LogP contribution in [-0.2, 0) is 9.53 Å². The van der Waals surface area contributed by atoms with Crippen LogP contribution in [0.1, 0.15) is 58.8 Å². The molecule has 2 rings (SSSR count). The summed E-state index contributed by atoms with van der Waals surface area (Å²) < 4.78 is 5.03. The monoisotopic (exact) mass is 339 g/mol. The third kappa shape index (κ3) is 5.36. The number of likely N-dealkylation sites (tertiary alicyclic amines) is 2. The van der Waals surface area contributed by atoms with E-state index in [0.717, 1.165) is 58.3 Å². The molecule has 2 fully saturated rings. The molecule has 1 N–H and O–H groups in total. The highest BCUT2D eigenvalue weighted by Crippen LogP contribution is 2.20. The highest BCUT2D eigenvalue weighted by molar-refractivity contribution is 5.76. The lowest BCUT2D eigenvalue weighted by molar-refractivity contribution is -0.134. The Kier molecular flexibility index (Phi) is 7.82. The Morgan fingerprint density at radius 2 is 1.83 bits per heavy atom. The largest absolute Gasteiger partial charge is 0.450 e. The molecule has 0 aromatic carbocycles. The lowest BCUT2D eigenvalue weighted by Gasteiger charge is -2.36. The zero-order valence-corrected chi connectivity index (χ0v) is 15.3. The van der Waals surface area contributed by atoms with Crippen LogP contribution >= 0.6 is 0 Å². The van der Waals surface area contributed by atoms with Crippen molar-refractivity contribution < 1.29 is 14.3 Å². The molecule has 2 saturated heterocycles. The molecule has 6 heteroatoms. The van der Waals surface area contributed by atoms with E-state index in [9.17, 15) is 9.59 Å². The predicted octanol–water partition coefficient (Wildman–Crippen LogP) is 2.38. The zero-order valence-electron chi connectivity index (χ0n) is 15.3. The molecule has 2 aliphatic heterocycles. The van der Waals surface area contributed by atoms with Gasteiger partial charge in [-0.25, -0.2) is 4.79 Å². The van der Waals surface area contributed by atoms with E-state index in [4.69, 9.17) is 4.74 Å². The van der Waals surface area contributed by atoms with Gasteiger partial charge in [0.15, 0.2) is 0 Å². The SMILES string of the molecule is CCOC(=O)N1CCC(NCCC(=O)N2CCCCC2CC)CC1. The molecule has 0 spiro atoms. The van der Waals surface area contributed by atoms with Gasteiger partial charge in [-0.1, -0.05) is 6.92 Å². The summed E-state index contributed by atoms with van der Waals surface area (Å²) in [5.74, 6) is 0.290. The Morgan fingerprint density at radius 3 is 2.50 bits per heavy atom. The van der Waals surface area contributed by atoms with Gasteiger partial charge in [0.2, 0.25) is 5.91 Å². The third-order valence-electron chi connectivity index (χ3n) is 5.21. The summed E-state index contributed by atoms with van der Waals surface area (Å²) in [6.07, 6.45) is 6.83. The van der Waals surface area contributed by atoms with Crippen LogP contribution in [0.25, 0.3) is 0 Å². The molecule has 0 radical (unpaired) electrons. The van der Waals surface area contributed by atoms with Crippen LogP contribution < -0.4 is 5.32 Å². The molecule has 138 valence electrons. The maximum absolute atomic E-state index is 12.4. The van der Waals surface area contributed by atoms with Crippen LogP contribution in [0.15, 0.2) is 0 Å². The van der Waals surface area contributed by atoms with Gasteiger partial charge >= 0.3 is 6.09 Å². The summed E-state index contributed by atoms with van der Waals surface area (Å²) in [7, 11) is 0. The second-order valence-electron chi connectivity index (χ2n) is 6.81. The number of piperidine rings is 2. The van der Waals surface area contributed by atoms with Crippen molar-refractivity contribution in [2.24, 2.45) is 0 Å². The number of nitrogens with zero attached hydrogens (tertiary/aromatic N) is 2. The fourth-order valence-corrected chi connectivity index (χ4v) is 3.76. The van der Waals surface area contributed by atoms with Gasteiger partial charge in [0.05, 0.1) is 6.61 Å². The minimum atomic E-state index is -0.207. The van der Waals surface area contributed by atoms with E-state index in [2.05, 4.69) is 17.1 Å². The van der Waals surface area contributed by atoms with Crippen molar-refractivity contribution in [2.45, 2.75) is 70.9 Å². The number of hydrogen-bond donors (Lipinski definition) is 1. The fraction of sp³-hybridized carbons (Fsp3) is 0.889. The number of amides is 2. The third-order valence-corrected chi connectivity index (χ3v) is 5.21. The Morgan fingerprint density at radius 1 is 1.08 bits per heavy atom. The number of nitrogens with one attached hydrogen (secondary N) is 1. The summed E-state index contributed by atoms with van der Waals surface area (Å²) in [5, 5.41) is 3.49. The topological polar surface area (TPSA) is 61.9 Å². The normalized spacial score (nSPS) is 22.5. The Labute approximate surface area is 145 Å². The average molecular weight is 339 g/mol. The maximum atomic E-state index is 12.4. The molecule has 1 atom stereocenters. The van der Waals surface area contributed by atoms with Gasteiger partial charge in [0.1, 0.15) is 0 Å². The first-order chi connectivity index (χ1) is 11.7. The number of carbonyl (C=O) groups is 2. The van der Waals surface area contributed by atoms with Crippen molar-refractivity contribution in [1.29, 1.82) is 0 Å². The van der Waals surface area contributed by atoms with E-state index in [1.54, 1.807) is 4.90 Å². The van der Waals surface area contributed by atoms with E-state index in [1.165, 1.54) is 6.42 Å². The molecular formula is C18H33N3O3. The van der Waals surface area contributed by atoms with Gasteiger partial charge in [-0.05, 0) is 45.4 Å². The molecule has 6 nitrogen and oxygen atoms in total. The van der Waals surface area contributed by atoms with Gasteiger partial charge in [-0.3, -0.25) is 4.79 Å². The molecule has 24 heavy (non-hydrogen) atoms. The summed E-state index contributed by atoms with van der Waals surface area (Å²) in [6, 6.07) is 0.839. The number of hydrogen-bond acceptors (Lipinski definition) is 4.